The molecule has 6 aromatic heterocycles. The van der Waals surface area contributed by atoms with Crippen molar-refractivity contribution in [2.24, 2.45) is 0 Å². The number of aliphatic hydroxyl groups excluding tert-OH is 3. The predicted octanol–water partition coefficient (Wildman–Crippen LogP) is -1.57. The quantitative estimate of drug-likeness (QED) is 0.0182. The number of rotatable bonds is 30. The lowest BCUT2D eigenvalue weighted by Gasteiger charge is -2.25. The number of aromatic nitrogens is 12. The third-order valence-corrected chi connectivity index (χ3v) is 14.8. The number of aliphatic hydroxyl groups is 3. The zero-order valence-corrected chi connectivity index (χ0v) is 49.7. The maximum Gasteiger partial charge on any atom is 0.695 e. The second-order valence-electron chi connectivity index (χ2n) is 18.8. The molecule has 3 aliphatic rings. The van der Waals surface area contributed by atoms with Crippen LogP contribution in [0, 0.1) is 0 Å². The number of nitrogens with zero attached hydrogens (tertiary/aromatic N) is 13. The molecule has 0 amide bonds. The number of hydrogen-bond donors (Lipinski definition) is 9. The van der Waals surface area contributed by atoms with Gasteiger partial charge >= 0.3 is 24.8 Å². The van der Waals surface area contributed by atoms with Crippen molar-refractivity contribution in [3.63, 3.8) is 0 Å². The number of imidazole rings is 3. The second-order valence-corrected chi connectivity index (χ2v) is 20.8. The lowest BCUT2D eigenvalue weighted by molar-refractivity contribution is -0.0900. The molecule has 3 fully saturated rings. The van der Waals surface area contributed by atoms with Crippen LogP contribution in [0.25, 0.3) is 33.5 Å². The fraction of sp³-hybridized carbons (Fsp3) is 0.667. The van der Waals surface area contributed by atoms with Crippen LogP contribution in [0.1, 0.15) is 25.6 Å². The molecule has 9 rings (SSSR count). The summed E-state index contributed by atoms with van der Waals surface area (Å²) in [4.78, 5) is 66.7. The summed E-state index contributed by atoms with van der Waals surface area (Å²) in [6, 6.07) is 0. The Morgan fingerprint density at radius 1 is 0.500 bits per heavy atom. The van der Waals surface area contributed by atoms with Crippen molar-refractivity contribution in [2.75, 3.05) is 125 Å². The molecule has 9 heterocycles. The lowest BCUT2D eigenvalue weighted by Crippen LogP contribution is -2.39. The summed E-state index contributed by atoms with van der Waals surface area (Å²) in [5.74, 6) is 0.604. The Labute approximate surface area is 491 Å². The van der Waals surface area contributed by atoms with Crippen LogP contribution in [-0.4, -0.2) is 262 Å². The third kappa shape index (κ3) is 16.8. The molecule has 0 bridgehead atoms. The van der Waals surface area contributed by atoms with Gasteiger partial charge in [0.15, 0.2) is 71.4 Å². The number of ether oxygens (including phenoxy) is 10. The van der Waals surface area contributed by atoms with E-state index in [0.29, 0.717) is 72.9 Å². The molecule has 12 N–H and O–H groups in total. The van der Waals surface area contributed by atoms with Gasteiger partial charge in [0.2, 0.25) is 0 Å². The molecule has 0 aromatic carbocycles. The van der Waals surface area contributed by atoms with Crippen molar-refractivity contribution < 1.29 is 105 Å². The Bertz CT molecular complexity index is 3120. The summed E-state index contributed by atoms with van der Waals surface area (Å²) in [6.07, 6.45) is -2.62. The van der Waals surface area contributed by atoms with E-state index in [2.05, 4.69) is 49.8 Å². The van der Waals surface area contributed by atoms with E-state index >= 15 is 0 Å². The van der Waals surface area contributed by atoms with Crippen molar-refractivity contribution in [2.45, 2.75) is 86.6 Å². The molecule has 86 heavy (non-hydrogen) atoms. The van der Waals surface area contributed by atoms with Crippen LogP contribution in [0.5, 0.6) is 0 Å². The van der Waals surface area contributed by atoms with Gasteiger partial charge in [-0.2, -0.15) is 0 Å². The van der Waals surface area contributed by atoms with Gasteiger partial charge < -0.3 is 79.9 Å². The first-order chi connectivity index (χ1) is 41.5. The first-order valence-corrected chi connectivity index (χ1v) is 29.5. The van der Waals surface area contributed by atoms with Gasteiger partial charge in [-0.3, -0.25) is 18.6 Å². The SMILES string of the molecule is COCCN(CCOC)CCO[C@H]1C(O[P+](=O)O)[C@@H](CO)O[C@H]1n1cnc2c(N)ncnc21.COCCO[C@H]1C(O[P+](=O)O)[C@@H](CO)O[C@H]1n1cnc2c(N)ncnc21.CO[C@@H](C)CO[C@H]1C(O[P+](=O)O)[C@@H](CO)O[C@H]1n1cnc2c(N)ncnc21. The first-order valence-electron chi connectivity index (χ1n) is 26.2. The van der Waals surface area contributed by atoms with Crippen molar-refractivity contribution in [1.82, 2.24) is 63.5 Å². The maximum atomic E-state index is 11.5. The average molecular weight is 1280 g/mol. The van der Waals surface area contributed by atoms with Crippen LogP contribution < -0.4 is 17.2 Å². The minimum absolute atomic E-state index is 0.172. The Balaban J connectivity index is 0.000000186. The van der Waals surface area contributed by atoms with Gasteiger partial charge in [0.25, 0.3) is 0 Å². The topological polar surface area (TPSA) is 505 Å². The van der Waals surface area contributed by atoms with Gasteiger partial charge in [0, 0.05) is 61.8 Å². The summed E-state index contributed by atoms with van der Waals surface area (Å²) in [6.45, 7) is 4.38. The van der Waals surface area contributed by atoms with Crippen molar-refractivity contribution in [3.8, 4) is 0 Å². The Morgan fingerprint density at radius 2 is 0.837 bits per heavy atom. The summed E-state index contributed by atoms with van der Waals surface area (Å²) in [5.41, 5.74) is 19.8. The number of anilines is 3. The Morgan fingerprint density at radius 3 is 1.16 bits per heavy atom. The molecular formula is C45H70N16O22P3+3. The summed E-state index contributed by atoms with van der Waals surface area (Å²) in [5, 5.41) is 29.0. The Kier molecular flexibility index (Phi) is 26.3. The van der Waals surface area contributed by atoms with Crippen molar-refractivity contribution >= 4 is 75.7 Å². The van der Waals surface area contributed by atoms with E-state index in [0.717, 1.165) is 0 Å². The van der Waals surface area contributed by atoms with Crippen molar-refractivity contribution in [3.05, 3.63) is 38.0 Å². The van der Waals surface area contributed by atoms with Crippen LogP contribution in [0.2, 0.25) is 0 Å². The molecule has 0 spiro atoms. The number of fused-ring (bicyclic) bond motifs is 3. The molecule has 6 unspecified atom stereocenters. The van der Waals surface area contributed by atoms with Gasteiger partial charge in [0.05, 0.1) is 84.5 Å². The minimum atomic E-state index is -2.97. The number of nitrogens with two attached hydrogens (primary N) is 3. The molecular weight excluding hydrogens is 1210 g/mol. The van der Waals surface area contributed by atoms with Gasteiger partial charge in [-0.15, -0.1) is 28.3 Å². The largest absolute Gasteiger partial charge is 0.695 e. The summed E-state index contributed by atoms with van der Waals surface area (Å²) >= 11 is 0. The van der Waals surface area contributed by atoms with E-state index in [1.165, 1.54) is 52.2 Å². The zero-order valence-electron chi connectivity index (χ0n) is 47.1. The highest BCUT2D eigenvalue weighted by Gasteiger charge is 2.54. The van der Waals surface area contributed by atoms with Gasteiger partial charge in [0.1, 0.15) is 72.2 Å². The monoisotopic (exact) mass is 1280 g/mol. The number of nitrogen functional groups attached to an aromatic ring is 3. The van der Waals surface area contributed by atoms with E-state index in [1.807, 2.05) is 0 Å². The molecule has 0 aliphatic carbocycles. The van der Waals surface area contributed by atoms with Crippen LogP contribution in [-0.2, 0) is 74.6 Å². The molecule has 6 aromatic rings. The standard InChI is InChI=1S/C18H29N6O8P.C14H20N5O7P.C13H18N5O7P/c1-28-6-3-23(4-7-29-2)5-8-30-15-14(32-33(26)27)12(9-25)31-18(15)24-11-22-13-16(19)20-10-21-17(13)24;1-7(23-2)4-24-11-10(26-27(21)22)8(3-20)25-14(11)19-6-18-9-12(15)16-5-17-13(9)19;1-22-2-3-23-10-9(25-26(20)21)7(4-19)24-13(10)18-6-17-8-11(14)15-5-16-12(8)18/h10-12,14-15,18,25H,3-9H2,1-2H3,(H2-,19,20,21,26,27);5-8,10-11,14,20H,3-4H2,1-2H3,(H2-,15,16,17,21,22);5-7,9-10,13,19H,2-4H2,1H3,(H2-,14,15,16,20,21)/p+3/t12-,14?,15+,18-;7-,8+,10?,11-,14+;7-,9?,10+,13-/m101/s1. The first kappa shape index (κ1) is 68.0. The highest BCUT2D eigenvalue weighted by atomic mass is 31.1. The van der Waals surface area contributed by atoms with Gasteiger partial charge in [-0.25, -0.2) is 44.9 Å². The average Bonchev–Trinajstić information content (AvgIpc) is 1.76. The normalized spacial score (nSPS) is 25.6. The fourth-order valence-corrected chi connectivity index (χ4v) is 10.7. The molecule has 41 heteroatoms. The second kappa shape index (κ2) is 33.2. The maximum absolute atomic E-state index is 11.5. The van der Waals surface area contributed by atoms with E-state index in [4.69, 9.17) is 83.0 Å². The van der Waals surface area contributed by atoms with Crippen molar-refractivity contribution in [1.29, 1.82) is 0 Å². The fourth-order valence-electron chi connectivity index (χ4n) is 9.31. The van der Waals surface area contributed by atoms with Gasteiger partial charge in [-0.05, 0) is 6.92 Å². The molecule has 0 saturated carbocycles. The smallest absolute Gasteiger partial charge is 0.394 e. The molecule has 16 atom stereocenters. The molecule has 3 saturated heterocycles. The number of methoxy groups -OCH3 is 4. The van der Waals surface area contributed by atoms with Crippen LogP contribution in [0.4, 0.5) is 17.5 Å². The van der Waals surface area contributed by atoms with Crippen LogP contribution in [0.15, 0.2) is 38.0 Å². The minimum Gasteiger partial charge on any atom is -0.394 e. The van der Waals surface area contributed by atoms with Crippen LogP contribution in [0.3, 0.4) is 0 Å². The van der Waals surface area contributed by atoms with E-state index in [9.17, 15) is 38.8 Å². The lowest BCUT2D eigenvalue weighted by atomic mass is 10.1. The van der Waals surface area contributed by atoms with E-state index in [-0.39, 0.29) is 43.4 Å². The molecule has 38 nitrogen and oxygen atoms in total. The zero-order chi connectivity index (χ0) is 62.0. The predicted molar refractivity (Wildman–Crippen MR) is 294 cm³/mol. The Hall–Kier alpha value is -5.45. The molecule has 0 radical (unpaired) electrons. The summed E-state index contributed by atoms with van der Waals surface area (Å²) < 4.78 is 110. The molecule has 474 valence electrons. The van der Waals surface area contributed by atoms with Gasteiger partial charge in [-0.1, -0.05) is 0 Å². The number of hydrogen-bond acceptors (Lipinski definition) is 32. The van der Waals surface area contributed by atoms with E-state index < -0.39 is 118 Å². The summed E-state index contributed by atoms with van der Waals surface area (Å²) in [7, 11) is -2.52. The van der Waals surface area contributed by atoms with Crippen LogP contribution >= 0.6 is 24.8 Å². The third-order valence-electron chi connectivity index (χ3n) is 13.5. The highest BCUT2D eigenvalue weighted by Crippen LogP contribution is 2.42. The molecule has 3 aliphatic heterocycles. The highest BCUT2D eigenvalue weighted by molar-refractivity contribution is 7.32. The van der Waals surface area contributed by atoms with E-state index in [1.54, 1.807) is 34.8 Å².